The number of aliphatic hydroxyl groups excluding tert-OH is 1. The van der Waals surface area contributed by atoms with Gasteiger partial charge in [0.15, 0.2) is 0 Å². The first-order valence-corrected chi connectivity index (χ1v) is 7.65. The quantitative estimate of drug-likeness (QED) is 0.768. The Morgan fingerprint density at radius 2 is 1.81 bits per heavy atom. The van der Waals surface area contributed by atoms with E-state index in [4.69, 9.17) is 16.3 Å². The number of hydrogen-bond donors (Lipinski definition) is 1. The molecule has 3 heteroatoms. The first kappa shape index (κ1) is 15.9. The van der Waals surface area contributed by atoms with Crippen molar-refractivity contribution < 1.29 is 9.84 Å². The molecule has 0 aliphatic carbocycles. The van der Waals surface area contributed by atoms with Crippen LogP contribution in [0, 0.1) is 0 Å². The molecule has 2 nitrogen and oxygen atoms in total. The lowest BCUT2D eigenvalue weighted by Gasteiger charge is -2.16. The van der Waals surface area contributed by atoms with Crippen LogP contribution in [-0.2, 0) is 0 Å². The maximum Gasteiger partial charge on any atom is 0.146 e. The van der Waals surface area contributed by atoms with Gasteiger partial charge in [-0.25, -0.2) is 0 Å². The van der Waals surface area contributed by atoms with Gasteiger partial charge in [-0.2, -0.15) is 0 Å². The maximum absolute atomic E-state index is 9.58. The fourth-order valence-corrected chi connectivity index (χ4v) is 2.41. The number of benzene rings is 2. The number of rotatable bonds is 5. The third kappa shape index (κ3) is 3.78. The number of aliphatic hydroxyl groups is 1. The average molecular weight is 305 g/mol. The fourth-order valence-electron chi connectivity index (χ4n) is 2.18. The van der Waals surface area contributed by atoms with Crippen LogP contribution < -0.4 is 4.74 Å². The lowest BCUT2D eigenvalue weighted by molar-refractivity contribution is 0.199. The predicted molar refractivity (Wildman–Crippen MR) is 87.3 cm³/mol. The smallest absolute Gasteiger partial charge is 0.146 e. The van der Waals surface area contributed by atoms with Crippen LogP contribution >= 0.6 is 11.6 Å². The van der Waals surface area contributed by atoms with Gasteiger partial charge < -0.3 is 9.84 Å². The van der Waals surface area contributed by atoms with E-state index in [9.17, 15) is 5.11 Å². The molecule has 0 saturated heterocycles. The molecule has 0 spiro atoms. The van der Waals surface area contributed by atoms with Gasteiger partial charge in [-0.1, -0.05) is 49.7 Å². The van der Waals surface area contributed by atoms with E-state index in [0.29, 0.717) is 16.7 Å². The Hall–Kier alpha value is -1.51. The zero-order valence-electron chi connectivity index (χ0n) is 12.6. The lowest BCUT2D eigenvalue weighted by Crippen LogP contribution is -1.97. The molecule has 0 aromatic heterocycles. The predicted octanol–water partition coefficient (Wildman–Crippen LogP) is 5.70. The van der Waals surface area contributed by atoms with Crippen molar-refractivity contribution in [3.63, 3.8) is 0 Å². The third-order valence-corrected chi connectivity index (χ3v) is 4.02. The summed E-state index contributed by atoms with van der Waals surface area (Å²) in [4.78, 5) is 0. The Labute approximate surface area is 131 Å². The SMILES string of the molecule is CCC(C)c1ccccc1Oc1ccc([C@H](C)O)cc1Cl. The van der Waals surface area contributed by atoms with Crippen molar-refractivity contribution in [3.05, 3.63) is 58.6 Å². The van der Waals surface area contributed by atoms with Crippen molar-refractivity contribution in [2.75, 3.05) is 0 Å². The summed E-state index contributed by atoms with van der Waals surface area (Å²) in [5, 5.41) is 10.1. The molecule has 112 valence electrons. The summed E-state index contributed by atoms with van der Waals surface area (Å²) < 4.78 is 5.98. The molecule has 0 saturated carbocycles. The molecule has 0 radical (unpaired) electrons. The summed E-state index contributed by atoms with van der Waals surface area (Å²) in [6.45, 7) is 6.05. The van der Waals surface area contributed by atoms with Crippen LogP contribution in [0.2, 0.25) is 5.02 Å². The molecule has 1 unspecified atom stereocenters. The van der Waals surface area contributed by atoms with Crippen LogP contribution in [0.25, 0.3) is 0 Å². The second kappa shape index (κ2) is 6.97. The second-order valence-electron chi connectivity index (χ2n) is 5.32. The van der Waals surface area contributed by atoms with Crippen LogP contribution in [0.1, 0.15) is 50.3 Å². The Balaban J connectivity index is 2.30. The lowest BCUT2D eigenvalue weighted by atomic mass is 9.98. The molecule has 2 rings (SSSR count). The highest BCUT2D eigenvalue weighted by Crippen LogP contribution is 2.36. The normalized spacial score (nSPS) is 13.8. The molecule has 0 fully saturated rings. The van der Waals surface area contributed by atoms with Gasteiger partial charge >= 0.3 is 0 Å². The zero-order chi connectivity index (χ0) is 15.4. The summed E-state index contributed by atoms with van der Waals surface area (Å²) in [5.74, 6) is 1.87. The van der Waals surface area contributed by atoms with Gasteiger partial charge in [-0.15, -0.1) is 0 Å². The summed E-state index contributed by atoms with van der Waals surface area (Å²) >= 11 is 6.25. The minimum atomic E-state index is -0.538. The topological polar surface area (TPSA) is 29.5 Å². The molecule has 0 bridgehead atoms. The van der Waals surface area contributed by atoms with Gasteiger partial charge in [0.25, 0.3) is 0 Å². The first-order chi connectivity index (χ1) is 10.0. The summed E-state index contributed by atoms with van der Waals surface area (Å²) in [6, 6.07) is 13.4. The Morgan fingerprint density at radius 3 is 2.43 bits per heavy atom. The highest BCUT2D eigenvalue weighted by molar-refractivity contribution is 6.32. The molecular weight excluding hydrogens is 284 g/mol. The minimum absolute atomic E-state index is 0.428. The molecule has 0 amide bonds. The summed E-state index contributed by atoms with van der Waals surface area (Å²) in [7, 11) is 0. The molecule has 2 aromatic carbocycles. The molecule has 2 atom stereocenters. The van der Waals surface area contributed by atoms with Crippen molar-refractivity contribution in [2.24, 2.45) is 0 Å². The molecule has 0 aliphatic heterocycles. The number of ether oxygens (including phenoxy) is 1. The molecule has 1 N–H and O–H groups in total. The summed E-state index contributed by atoms with van der Waals surface area (Å²) in [6.07, 6.45) is 0.513. The molecule has 0 aliphatic rings. The van der Waals surface area contributed by atoms with E-state index in [1.807, 2.05) is 24.3 Å². The minimum Gasteiger partial charge on any atom is -0.456 e. The van der Waals surface area contributed by atoms with Crippen LogP contribution in [0.4, 0.5) is 0 Å². The molecule has 21 heavy (non-hydrogen) atoms. The van der Waals surface area contributed by atoms with Crippen molar-refractivity contribution in [1.29, 1.82) is 0 Å². The first-order valence-electron chi connectivity index (χ1n) is 7.27. The van der Waals surface area contributed by atoms with Gasteiger partial charge in [-0.3, -0.25) is 0 Å². The van der Waals surface area contributed by atoms with E-state index in [1.165, 1.54) is 5.56 Å². The van der Waals surface area contributed by atoms with Gasteiger partial charge in [0, 0.05) is 0 Å². The van der Waals surface area contributed by atoms with Gasteiger partial charge in [-0.05, 0) is 48.6 Å². The summed E-state index contributed by atoms with van der Waals surface area (Å²) in [5.41, 5.74) is 1.96. The Kier molecular flexibility index (Phi) is 5.27. The average Bonchev–Trinajstić information content (AvgIpc) is 2.49. The van der Waals surface area contributed by atoms with Gasteiger partial charge in [0.05, 0.1) is 11.1 Å². The highest BCUT2D eigenvalue weighted by Gasteiger charge is 2.12. The number of hydrogen-bond acceptors (Lipinski definition) is 2. The van der Waals surface area contributed by atoms with Crippen molar-refractivity contribution in [2.45, 2.75) is 39.2 Å². The van der Waals surface area contributed by atoms with Crippen molar-refractivity contribution in [1.82, 2.24) is 0 Å². The van der Waals surface area contributed by atoms with E-state index in [2.05, 4.69) is 19.9 Å². The monoisotopic (exact) mass is 304 g/mol. The third-order valence-electron chi connectivity index (χ3n) is 3.72. The van der Waals surface area contributed by atoms with Crippen LogP contribution in [0.3, 0.4) is 0 Å². The van der Waals surface area contributed by atoms with E-state index >= 15 is 0 Å². The van der Waals surface area contributed by atoms with E-state index in [-0.39, 0.29) is 0 Å². The van der Waals surface area contributed by atoms with Crippen LogP contribution in [0.5, 0.6) is 11.5 Å². The fraction of sp³-hybridized carbons (Fsp3) is 0.333. The van der Waals surface area contributed by atoms with Crippen molar-refractivity contribution in [3.8, 4) is 11.5 Å². The number of halogens is 1. The van der Waals surface area contributed by atoms with E-state index in [0.717, 1.165) is 17.7 Å². The second-order valence-corrected chi connectivity index (χ2v) is 5.72. The Bertz CT molecular complexity index is 608. The molecule has 2 aromatic rings. The van der Waals surface area contributed by atoms with E-state index < -0.39 is 6.10 Å². The van der Waals surface area contributed by atoms with Gasteiger partial charge in [0.2, 0.25) is 0 Å². The standard InChI is InChI=1S/C18H21ClO2/c1-4-12(2)15-7-5-6-8-17(15)21-18-10-9-14(13(3)20)11-16(18)19/h5-13,20H,4H2,1-3H3/t12?,13-/m0/s1. The van der Waals surface area contributed by atoms with E-state index in [1.54, 1.807) is 19.1 Å². The molecule has 0 heterocycles. The highest BCUT2D eigenvalue weighted by atomic mass is 35.5. The Morgan fingerprint density at radius 1 is 1.10 bits per heavy atom. The maximum atomic E-state index is 9.58. The largest absolute Gasteiger partial charge is 0.456 e. The van der Waals surface area contributed by atoms with Crippen molar-refractivity contribution >= 4 is 11.6 Å². The van der Waals surface area contributed by atoms with Gasteiger partial charge in [0.1, 0.15) is 11.5 Å². The number of para-hydroxylation sites is 1. The van der Waals surface area contributed by atoms with Crippen LogP contribution in [-0.4, -0.2) is 5.11 Å². The zero-order valence-corrected chi connectivity index (χ0v) is 13.4. The molecular formula is C18H21ClO2. The van der Waals surface area contributed by atoms with Crippen LogP contribution in [0.15, 0.2) is 42.5 Å².